The van der Waals surface area contributed by atoms with Crippen LogP contribution in [0.4, 0.5) is 0 Å². The molecule has 3 rings (SSSR count). The molecular weight excluding hydrogens is 447 g/mol. The highest BCUT2D eigenvalue weighted by atomic mass is 35.5. The summed E-state index contributed by atoms with van der Waals surface area (Å²) in [6.07, 6.45) is 8.88. The van der Waals surface area contributed by atoms with Gasteiger partial charge in [0.15, 0.2) is 0 Å². The van der Waals surface area contributed by atoms with Crippen molar-refractivity contribution < 1.29 is 4.74 Å². The van der Waals surface area contributed by atoms with Gasteiger partial charge in [-0.3, -0.25) is 0 Å². The molecule has 1 atom stereocenters. The molecule has 3 aromatic rings. The van der Waals surface area contributed by atoms with Crippen LogP contribution in [0.15, 0.2) is 61.2 Å². The number of hydrogen-bond donors (Lipinski definition) is 0. The number of rotatable bonds is 11. The van der Waals surface area contributed by atoms with Gasteiger partial charge in [0.1, 0.15) is 5.75 Å². The standard InChI is InChI=1S/C22H23Cl3N2OS/c23-17-4-7-19(8-5-17)28-12-2-1-3-13-29-22(15-27-11-10-26-16-27)20-9-6-18(24)14-21(20)25/h4-11,14,16,22H,1-3,12-13,15H2. The van der Waals surface area contributed by atoms with E-state index in [2.05, 4.69) is 9.55 Å². The number of imidazole rings is 1. The van der Waals surface area contributed by atoms with E-state index in [-0.39, 0.29) is 5.25 Å². The van der Waals surface area contributed by atoms with Crippen LogP contribution in [0, 0.1) is 0 Å². The molecule has 1 aromatic heterocycles. The van der Waals surface area contributed by atoms with E-state index in [1.54, 1.807) is 6.20 Å². The van der Waals surface area contributed by atoms with E-state index in [0.29, 0.717) is 16.7 Å². The molecule has 0 fully saturated rings. The fourth-order valence-electron chi connectivity index (χ4n) is 2.92. The largest absolute Gasteiger partial charge is 0.494 e. The van der Waals surface area contributed by atoms with Gasteiger partial charge < -0.3 is 9.30 Å². The Hall–Kier alpha value is -1.33. The molecule has 0 aliphatic heterocycles. The molecular formula is C22H23Cl3N2OS. The molecule has 0 spiro atoms. The first kappa shape index (κ1) is 22.4. The van der Waals surface area contributed by atoms with Crippen LogP contribution in [-0.4, -0.2) is 21.9 Å². The number of ether oxygens (including phenoxy) is 1. The molecule has 1 unspecified atom stereocenters. The maximum Gasteiger partial charge on any atom is 0.119 e. The van der Waals surface area contributed by atoms with Crippen LogP contribution in [-0.2, 0) is 6.54 Å². The van der Waals surface area contributed by atoms with Gasteiger partial charge in [0, 0.05) is 39.3 Å². The lowest BCUT2D eigenvalue weighted by molar-refractivity contribution is 0.306. The highest BCUT2D eigenvalue weighted by Gasteiger charge is 2.16. The monoisotopic (exact) mass is 468 g/mol. The third-order valence-corrected chi connectivity index (χ3v) is 6.58. The first-order chi connectivity index (χ1) is 14.1. The second-order valence-electron chi connectivity index (χ2n) is 6.65. The lowest BCUT2D eigenvalue weighted by atomic mass is 10.1. The average molecular weight is 470 g/mol. The summed E-state index contributed by atoms with van der Waals surface area (Å²) in [5.41, 5.74) is 1.11. The second-order valence-corrected chi connectivity index (χ2v) is 9.24. The normalized spacial score (nSPS) is 12.1. The van der Waals surface area contributed by atoms with E-state index in [0.717, 1.165) is 47.9 Å². The molecule has 154 valence electrons. The van der Waals surface area contributed by atoms with Gasteiger partial charge in [-0.1, -0.05) is 40.9 Å². The zero-order valence-corrected chi connectivity index (χ0v) is 19.0. The van der Waals surface area contributed by atoms with Gasteiger partial charge in [-0.25, -0.2) is 4.98 Å². The van der Waals surface area contributed by atoms with Gasteiger partial charge in [0.05, 0.1) is 12.9 Å². The number of benzene rings is 2. The lowest BCUT2D eigenvalue weighted by Gasteiger charge is -2.19. The molecule has 0 saturated heterocycles. The zero-order chi connectivity index (χ0) is 20.5. The van der Waals surface area contributed by atoms with E-state index < -0.39 is 0 Å². The van der Waals surface area contributed by atoms with E-state index >= 15 is 0 Å². The Morgan fingerprint density at radius 1 is 0.966 bits per heavy atom. The summed E-state index contributed by atoms with van der Waals surface area (Å²) in [6, 6.07) is 13.2. The van der Waals surface area contributed by atoms with E-state index in [4.69, 9.17) is 39.5 Å². The fourth-order valence-corrected chi connectivity index (χ4v) is 4.97. The molecule has 0 amide bonds. The van der Waals surface area contributed by atoms with E-state index in [1.807, 2.05) is 66.8 Å². The van der Waals surface area contributed by atoms with Crippen molar-refractivity contribution in [1.29, 1.82) is 0 Å². The molecule has 1 heterocycles. The van der Waals surface area contributed by atoms with Crippen molar-refractivity contribution in [3.05, 3.63) is 81.8 Å². The van der Waals surface area contributed by atoms with Crippen molar-refractivity contribution >= 4 is 46.6 Å². The third kappa shape index (κ3) is 7.45. The summed E-state index contributed by atoms with van der Waals surface area (Å²) >= 11 is 20.3. The van der Waals surface area contributed by atoms with Crippen molar-refractivity contribution in [2.45, 2.75) is 31.1 Å². The lowest BCUT2D eigenvalue weighted by Crippen LogP contribution is -2.06. The molecule has 29 heavy (non-hydrogen) atoms. The van der Waals surface area contributed by atoms with Crippen LogP contribution < -0.4 is 4.74 Å². The number of hydrogen-bond acceptors (Lipinski definition) is 3. The summed E-state index contributed by atoms with van der Waals surface area (Å²) in [5.74, 6) is 1.92. The van der Waals surface area contributed by atoms with Crippen molar-refractivity contribution in [2.75, 3.05) is 12.4 Å². The van der Waals surface area contributed by atoms with Gasteiger partial charge in [-0.2, -0.15) is 11.8 Å². The maximum absolute atomic E-state index is 6.47. The fraction of sp³-hybridized carbons (Fsp3) is 0.318. The van der Waals surface area contributed by atoms with Crippen molar-refractivity contribution in [1.82, 2.24) is 9.55 Å². The van der Waals surface area contributed by atoms with Gasteiger partial charge in [0.25, 0.3) is 0 Å². The SMILES string of the molecule is Clc1ccc(OCCCCCSC(Cn2ccnc2)c2ccc(Cl)cc2Cl)cc1. The van der Waals surface area contributed by atoms with Crippen molar-refractivity contribution in [3.8, 4) is 5.75 Å². The van der Waals surface area contributed by atoms with Gasteiger partial charge in [-0.05, 0) is 67.0 Å². The topological polar surface area (TPSA) is 27.1 Å². The Bertz CT molecular complexity index is 872. The Kier molecular flexibility index (Phi) is 9.06. The molecule has 0 aliphatic rings. The zero-order valence-electron chi connectivity index (χ0n) is 15.9. The Morgan fingerprint density at radius 2 is 1.76 bits per heavy atom. The summed E-state index contributed by atoms with van der Waals surface area (Å²) < 4.78 is 7.84. The predicted molar refractivity (Wildman–Crippen MR) is 125 cm³/mol. The van der Waals surface area contributed by atoms with Crippen LogP contribution in [0.3, 0.4) is 0 Å². The molecule has 0 radical (unpaired) electrons. The van der Waals surface area contributed by atoms with Crippen LogP contribution in [0.1, 0.15) is 30.1 Å². The molecule has 0 aliphatic carbocycles. The molecule has 3 nitrogen and oxygen atoms in total. The molecule has 0 N–H and O–H groups in total. The molecule has 2 aromatic carbocycles. The van der Waals surface area contributed by atoms with Gasteiger partial charge >= 0.3 is 0 Å². The Labute approximate surface area is 191 Å². The highest BCUT2D eigenvalue weighted by Crippen LogP contribution is 2.36. The minimum Gasteiger partial charge on any atom is -0.494 e. The summed E-state index contributed by atoms with van der Waals surface area (Å²) in [4.78, 5) is 4.14. The van der Waals surface area contributed by atoms with Crippen LogP contribution in [0.2, 0.25) is 15.1 Å². The predicted octanol–water partition coefficient (Wildman–Crippen LogP) is 7.57. The number of nitrogens with zero attached hydrogens (tertiary/aromatic N) is 2. The van der Waals surface area contributed by atoms with E-state index in [9.17, 15) is 0 Å². The van der Waals surface area contributed by atoms with E-state index in [1.165, 1.54) is 0 Å². The van der Waals surface area contributed by atoms with Gasteiger partial charge in [0.2, 0.25) is 0 Å². The van der Waals surface area contributed by atoms with Crippen molar-refractivity contribution in [3.63, 3.8) is 0 Å². The summed E-state index contributed by atoms with van der Waals surface area (Å²) in [5, 5.41) is 2.34. The maximum atomic E-state index is 6.47. The number of aromatic nitrogens is 2. The summed E-state index contributed by atoms with van der Waals surface area (Å²) in [7, 11) is 0. The third-order valence-electron chi connectivity index (χ3n) is 4.44. The minimum absolute atomic E-state index is 0.249. The number of thioether (sulfide) groups is 1. The first-order valence-electron chi connectivity index (χ1n) is 9.52. The van der Waals surface area contributed by atoms with Crippen LogP contribution >= 0.6 is 46.6 Å². The molecule has 0 bridgehead atoms. The summed E-state index contributed by atoms with van der Waals surface area (Å²) in [6.45, 7) is 1.54. The molecule has 0 saturated carbocycles. The van der Waals surface area contributed by atoms with Crippen LogP contribution in [0.5, 0.6) is 5.75 Å². The highest BCUT2D eigenvalue weighted by molar-refractivity contribution is 7.99. The Morgan fingerprint density at radius 3 is 2.48 bits per heavy atom. The number of unbranched alkanes of at least 4 members (excludes halogenated alkanes) is 2. The minimum atomic E-state index is 0.249. The molecule has 7 heteroatoms. The number of halogens is 3. The van der Waals surface area contributed by atoms with Crippen molar-refractivity contribution in [2.24, 2.45) is 0 Å². The quantitative estimate of drug-likeness (QED) is 0.271. The average Bonchev–Trinajstić information content (AvgIpc) is 3.21. The second kappa shape index (κ2) is 11.8. The Balaban J connectivity index is 1.44. The first-order valence-corrected chi connectivity index (χ1v) is 11.7. The van der Waals surface area contributed by atoms with Crippen LogP contribution in [0.25, 0.3) is 0 Å². The van der Waals surface area contributed by atoms with Gasteiger partial charge in [-0.15, -0.1) is 0 Å². The smallest absolute Gasteiger partial charge is 0.119 e.